The fourth-order valence-electron chi connectivity index (χ4n) is 2.37. The molecule has 3 N–H and O–H groups in total. The van der Waals surface area contributed by atoms with Crippen molar-refractivity contribution in [2.75, 3.05) is 11.9 Å². The molecule has 0 radical (unpaired) electrons. The van der Waals surface area contributed by atoms with Crippen LogP contribution in [0.5, 0.6) is 0 Å². The number of halogens is 1. The molecule has 2 nitrogen and oxygen atoms in total. The van der Waals surface area contributed by atoms with Crippen molar-refractivity contribution in [2.45, 2.75) is 25.3 Å². The third kappa shape index (κ3) is 4.36. The van der Waals surface area contributed by atoms with E-state index in [0.29, 0.717) is 12.5 Å². The van der Waals surface area contributed by atoms with Crippen molar-refractivity contribution in [1.82, 2.24) is 0 Å². The van der Waals surface area contributed by atoms with E-state index in [9.17, 15) is 0 Å². The zero-order chi connectivity index (χ0) is 14.4. The summed E-state index contributed by atoms with van der Waals surface area (Å²) in [6.07, 6.45) is 1.02. The van der Waals surface area contributed by atoms with Crippen LogP contribution in [0.3, 0.4) is 0 Å². The van der Waals surface area contributed by atoms with Crippen LogP contribution in [0.4, 0.5) is 5.69 Å². The molecule has 2 atom stereocenters. The van der Waals surface area contributed by atoms with Crippen LogP contribution in [0.1, 0.15) is 24.8 Å². The highest BCUT2D eigenvalue weighted by Crippen LogP contribution is 2.23. The molecule has 0 aliphatic heterocycles. The van der Waals surface area contributed by atoms with E-state index < -0.39 is 0 Å². The van der Waals surface area contributed by atoms with Crippen molar-refractivity contribution in [2.24, 2.45) is 5.73 Å². The molecule has 0 spiro atoms. The fraction of sp³-hybridized carbons (Fsp3) is 0.294. The zero-order valence-electron chi connectivity index (χ0n) is 11.7. The van der Waals surface area contributed by atoms with Gasteiger partial charge >= 0.3 is 0 Å². The highest BCUT2D eigenvalue weighted by atomic mass is 79.9. The Balaban J connectivity index is 1.99. The standard InChI is InChI=1S/C17H21BrN2/c1-13(14-6-3-2-4-7-14)10-17(12-19)20-16-9-5-8-15(18)11-16/h2-9,11,13,17,20H,10,12,19H2,1H3. The maximum Gasteiger partial charge on any atom is 0.0389 e. The molecule has 0 saturated heterocycles. The van der Waals surface area contributed by atoms with E-state index in [0.717, 1.165) is 16.6 Å². The summed E-state index contributed by atoms with van der Waals surface area (Å²) in [7, 11) is 0. The summed E-state index contributed by atoms with van der Waals surface area (Å²) in [4.78, 5) is 0. The average molecular weight is 333 g/mol. The van der Waals surface area contributed by atoms with Crippen LogP contribution in [-0.4, -0.2) is 12.6 Å². The summed E-state index contributed by atoms with van der Waals surface area (Å²) < 4.78 is 1.08. The van der Waals surface area contributed by atoms with E-state index in [1.54, 1.807) is 0 Å². The third-order valence-corrected chi connectivity index (χ3v) is 3.98. The van der Waals surface area contributed by atoms with Gasteiger partial charge in [0.25, 0.3) is 0 Å². The Hall–Kier alpha value is -1.32. The van der Waals surface area contributed by atoms with Crippen molar-refractivity contribution in [1.29, 1.82) is 0 Å². The fourth-order valence-corrected chi connectivity index (χ4v) is 2.77. The molecule has 0 heterocycles. The van der Waals surface area contributed by atoms with Gasteiger partial charge in [-0.1, -0.05) is 59.3 Å². The first-order valence-corrected chi connectivity index (χ1v) is 7.75. The molecule has 0 aromatic heterocycles. The van der Waals surface area contributed by atoms with E-state index >= 15 is 0 Å². The lowest BCUT2D eigenvalue weighted by Crippen LogP contribution is -2.30. The lowest BCUT2D eigenvalue weighted by molar-refractivity contribution is 0.586. The van der Waals surface area contributed by atoms with Gasteiger partial charge in [-0.05, 0) is 36.1 Å². The average Bonchev–Trinajstić information content (AvgIpc) is 2.47. The minimum absolute atomic E-state index is 0.277. The second-order valence-corrected chi connectivity index (χ2v) is 6.05. The molecule has 0 amide bonds. The molecule has 0 saturated carbocycles. The van der Waals surface area contributed by atoms with Crippen molar-refractivity contribution in [3.05, 3.63) is 64.6 Å². The Morgan fingerprint density at radius 2 is 1.85 bits per heavy atom. The van der Waals surface area contributed by atoms with Gasteiger partial charge in [0.1, 0.15) is 0 Å². The number of hydrogen-bond donors (Lipinski definition) is 2. The van der Waals surface area contributed by atoms with Crippen LogP contribution in [0.25, 0.3) is 0 Å². The second kappa shape index (κ2) is 7.46. The highest BCUT2D eigenvalue weighted by molar-refractivity contribution is 9.10. The minimum Gasteiger partial charge on any atom is -0.381 e. The monoisotopic (exact) mass is 332 g/mol. The molecule has 2 aromatic carbocycles. The summed E-state index contributed by atoms with van der Waals surface area (Å²) in [5.41, 5.74) is 8.38. The van der Waals surface area contributed by atoms with Gasteiger partial charge in [0.05, 0.1) is 0 Å². The first-order valence-electron chi connectivity index (χ1n) is 6.96. The van der Waals surface area contributed by atoms with Crippen molar-refractivity contribution in [3.8, 4) is 0 Å². The molecule has 0 fully saturated rings. The summed E-state index contributed by atoms with van der Waals surface area (Å²) in [5.74, 6) is 0.490. The topological polar surface area (TPSA) is 38.0 Å². The maximum absolute atomic E-state index is 5.91. The summed E-state index contributed by atoms with van der Waals surface area (Å²) >= 11 is 3.49. The van der Waals surface area contributed by atoms with E-state index in [1.807, 2.05) is 12.1 Å². The van der Waals surface area contributed by atoms with E-state index in [4.69, 9.17) is 5.73 Å². The van der Waals surface area contributed by atoms with Gasteiger partial charge in [0.15, 0.2) is 0 Å². The predicted octanol–water partition coefficient (Wildman–Crippen LogP) is 4.38. The van der Waals surface area contributed by atoms with Gasteiger partial charge in [-0.2, -0.15) is 0 Å². The van der Waals surface area contributed by atoms with Gasteiger partial charge in [0, 0.05) is 22.7 Å². The number of anilines is 1. The van der Waals surface area contributed by atoms with Crippen molar-refractivity contribution in [3.63, 3.8) is 0 Å². The quantitative estimate of drug-likeness (QED) is 0.823. The first kappa shape index (κ1) is 15.1. The van der Waals surface area contributed by atoms with Crippen LogP contribution in [-0.2, 0) is 0 Å². The molecule has 2 aromatic rings. The lowest BCUT2D eigenvalue weighted by Gasteiger charge is -2.22. The van der Waals surface area contributed by atoms with Gasteiger partial charge in [-0.15, -0.1) is 0 Å². The Labute approximate surface area is 129 Å². The normalized spacial score (nSPS) is 13.8. The first-order chi connectivity index (χ1) is 9.69. The van der Waals surface area contributed by atoms with Crippen LogP contribution in [0, 0.1) is 0 Å². The Bertz CT molecular complexity index is 528. The Morgan fingerprint density at radius 1 is 1.10 bits per heavy atom. The maximum atomic E-state index is 5.91. The molecular formula is C17H21BrN2. The van der Waals surface area contributed by atoms with Gasteiger partial charge < -0.3 is 11.1 Å². The molecule has 2 rings (SSSR count). The number of nitrogens with two attached hydrogens (primary N) is 1. The van der Waals surface area contributed by atoms with Gasteiger partial charge in [-0.25, -0.2) is 0 Å². The summed E-state index contributed by atoms with van der Waals surface area (Å²) in [6.45, 7) is 2.88. The molecule has 0 bridgehead atoms. The van der Waals surface area contributed by atoms with E-state index in [2.05, 4.69) is 70.6 Å². The molecule has 0 aliphatic rings. The Kier molecular flexibility index (Phi) is 5.62. The lowest BCUT2D eigenvalue weighted by atomic mass is 9.94. The summed E-state index contributed by atoms with van der Waals surface area (Å²) in [5, 5.41) is 3.52. The SMILES string of the molecule is CC(CC(CN)Nc1cccc(Br)c1)c1ccccc1. The van der Waals surface area contributed by atoms with Gasteiger partial charge in [-0.3, -0.25) is 0 Å². The highest BCUT2D eigenvalue weighted by Gasteiger charge is 2.13. The molecular weight excluding hydrogens is 312 g/mol. The molecule has 3 heteroatoms. The van der Waals surface area contributed by atoms with Crippen molar-refractivity contribution < 1.29 is 0 Å². The van der Waals surface area contributed by atoms with E-state index in [-0.39, 0.29) is 6.04 Å². The molecule has 0 aliphatic carbocycles. The molecule has 20 heavy (non-hydrogen) atoms. The van der Waals surface area contributed by atoms with Crippen LogP contribution in [0.2, 0.25) is 0 Å². The predicted molar refractivity (Wildman–Crippen MR) is 90.1 cm³/mol. The van der Waals surface area contributed by atoms with Crippen LogP contribution < -0.4 is 11.1 Å². The number of nitrogens with one attached hydrogen (secondary N) is 1. The number of benzene rings is 2. The smallest absolute Gasteiger partial charge is 0.0389 e. The van der Waals surface area contributed by atoms with Gasteiger partial charge in [0.2, 0.25) is 0 Å². The number of rotatable bonds is 6. The largest absolute Gasteiger partial charge is 0.381 e. The van der Waals surface area contributed by atoms with Crippen LogP contribution in [0.15, 0.2) is 59.1 Å². The molecule has 2 unspecified atom stereocenters. The van der Waals surface area contributed by atoms with Crippen LogP contribution >= 0.6 is 15.9 Å². The Morgan fingerprint density at radius 3 is 2.50 bits per heavy atom. The van der Waals surface area contributed by atoms with E-state index in [1.165, 1.54) is 5.56 Å². The zero-order valence-corrected chi connectivity index (χ0v) is 13.3. The van der Waals surface area contributed by atoms with Crippen molar-refractivity contribution >= 4 is 21.6 Å². The minimum atomic E-state index is 0.277. The second-order valence-electron chi connectivity index (χ2n) is 5.13. The summed E-state index contributed by atoms with van der Waals surface area (Å²) in [6, 6.07) is 19.1. The molecule has 106 valence electrons. The third-order valence-electron chi connectivity index (χ3n) is 3.49. The number of hydrogen-bond acceptors (Lipinski definition) is 2.